The lowest BCUT2D eigenvalue weighted by atomic mass is 10.3. The number of amides is 2. The van der Waals surface area contributed by atoms with E-state index in [4.69, 9.17) is 4.74 Å². The molecule has 3 N–H and O–H groups in total. The molecule has 0 bridgehead atoms. The zero-order valence-electron chi connectivity index (χ0n) is 15.7. The second kappa shape index (κ2) is 9.62. The molecule has 27 heavy (non-hydrogen) atoms. The van der Waals surface area contributed by atoms with Crippen LogP contribution in [0.1, 0.15) is 31.7 Å². The summed E-state index contributed by atoms with van der Waals surface area (Å²) in [6, 6.07) is 2.98. The van der Waals surface area contributed by atoms with Crippen LogP contribution in [0, 0.1) is 6.92 Å². The predicted molar refractivity (Wildman–Crippen MR) is 98.8 cm³/mol. The number of aromatic amines is 1. The molecule has 2 aromatic heterocycles. The molecule has 10 heteroatoms. The van der Waals surface area contributed by atoms with Gasteiger partial charge in [-0.25, -0.2) is 4.98 Å². The molecule has 0 aromatic carbocycles. The highest BCUT2D eigenvalue weighted by molar-refractivity contribution is 6.39. The lowest BCUT2D eigenvalue weighted by Gasteiger charge is -2.09. The van der Waals surface area contributed by atoms with Crippen LogP contribution in [0.3, 0.4) is 0 Å². The molecule has 0 saturated heterocycles. The van der Waals surface area contributed by atoms with Crippen LogP contribution < -0.4 is 16.2 Å². The summed E-state index contributed by atoms with van der Waals surface area (Å²) in [7, 11) is 0. The van der Waals surface area contributed by atoms with Crippen LogP contribution in [0.25, 0.3) is 5.95 Å². The van der Waals surface area contributed by atoms with Gasteiger partial charge in [0.15, 0.2) is 0 Å². The molecule has 0 aliphatic carbocycles. The van der Waals surface area contributed by atoms with E-state index in [0.29, 0.717) is 44.0 Å². The van der Waals surface area contributed by atoms with Gasteiger partial charge < -0.3 is 15.4 Å². The summed E-state index contributed by atoms with van der Waals surface area (Å²) >= 11 is 0. The van der Waals surface area contributed by atoms with E-state index in [1.54, 1.807) is 13.0 Å². The molecule has 0 aliphatic rings. The Bertz CT molecular complexity index is 857. The predicted octanol–water partition coefficient (Wildman–Crippen LogP) is 0.308. The number of rotatable bonds is 8. The Labute approximate surface area is 156 Å². The zero-order chi connectivity index (χ0) is 19.8. The second-order valence-electron chi connectivity index (χ2n) is 5.76. The van der Waals surface area contributed by atoms with Gasteiger partial charge in [-0.3, -0.25) is 19.4 Å². The summed E-state index contributed by atoms with van der Waals surface area (Å²) in [5.74, 6) is -1.19. The van der Waals surface area contributed by atoms with Gasteiger partial charge in [0.25, 0.3) is 5.56 Å². The number of aromatic nitrogens is 4. The monoisotopic (exact) mass is 376 g/mol. The van der Waals surface area contributed by atoms with E-state index in [9.17, 15) is 14.4 Å². The first kappa shape index (κ1) is 20.3. The van der Waals surface area contributed by atoms with E-state index < -0.39 is 11.8 Å². The van der Waals surface area contributed by atoms with Crippen LogP contribution in [0.2, 0.25) is 0 Å². The summed E-state index contributed by atoms with van der Waals surface area (Å²) in [6.07, 6.45) is 1.18. The Morgan fingerprint density at radius 3 is 2.74 bits per heavy atom. The van der Waals surface area contributed by atoms with Crippen molar-refractivity contribution in [3.05, 3.63) is 33.9 Å². The molecule has 2 amide bonds. The molecule has 0 atom stereocenters. The van der Waals surface area contributed by atoms with Crippen LogP contribution in [-0.4, -0.2) is 51.3 Å². The minimum absolute atomic E-state index is 0.167. The summed E-state index contributed by atoms with van der Waals surface area (Å²) in [5, 5.41) is 9.24. The van der Waals surface area contributed by atoms with Gasteiger partial charge in [0.05, 0.1) is 5.69 Å². The number of aryl methyl sites for hydroxylation is 2. The molecular weight excluding hydrogens is 352 g/mol. The Morgan fingerprint density at radius 1 is 1.26 bits per heavy atom. The zero-order valence-corrected chi connectivity index (χ0v) is 15.7. The molecule has 2 rings (SSSR count). The molecule has 0 radical (unpaired) electrons. The third-order valence-electron chi connectivity index (χ3n) is 3.58. The van der Waals surface area contributed by atoms with Crippen molar-refractivity contribution in [2.75, 3.05) is 25.1 Å². The van der Waals surface area contributed by atoms with Gasteiger partial charge in [0, 0.05) is 37.6 Å². The highest BCUT2D eigenvalue weighted by Gasteiger charge is 2.18. The van der Waals surface area contributed by atoms with Crippen LogP contribution >= 0.6 is 0 Å². The molecular formula is C17H24N6O4. The third-order valence-corrected chi connectivity index (χ3v) is 3.58. The fourth-order valence-corrected chi connectivity index (χ4v) is 2.30. The molecule has 0 saturated carbocycles. The molecule has 146 valence electrons. The molecule has 0 fully saturated rings. The van der Waals surface area contributed by atoms with E-state index in [2.05, 4.69) is 25.7 Å². The van der Waals surface area contributed by atoms with Gasteiger partial charge in [-0.2, -0.15) is 9.78 Å². The average molecular weight is 376 g/mol. The van der Waals surface area contributed by atoms with Gasteiger partial charge in [-0.15, -0.1) is 0 Å². The Kier molecular flexibility index (Phi) is 7.24. The van der Waals surface area contributed by atoms with E-state index >= 15 is 0 Å². The summed E-state index contributed by atoms with van der Waals surface area (Å²) < 4.78 is 6.46. The maximum absolute atomic E-state index is 12.1. The standard InChI is InChI=1S/C17H24N6O4/c1-4-12-10-14(24)21-17(19-12)23-13(9-11(3)22-23)20-16(26)15(25)18-7-6-8-27-5-2/h9-10H,4-8H2,1-3H3,(H,18,25)(H,20,26)(H,19,21,24). The van der Waals surface area contributed by atoms with Crippen molar-refractivity contribution >= 4 is 17.6 Å². The first-order valence-electron chi connectivity index (χ1n) is 8.78. The van der Waals surface area contributed by atoms with Gasteiger partial charge in [0.2, 0.25) is 5.95 Å². The maximum Gasteiger partial charge on any atom is 0.314 e. The van der Waals surface area contributed by atoms with Crippen LogP contribution in [0.4, 0.5) is 5.82 Å². The first-order chi connectivity index (χ1) is 12.9. The number of nitrogens with zero attached hydrogens (tertiary/aromatic N) is 3. The Morgan fingerprint density at radius 2 is 2.04 bits per heavy atom. The lowest BCUT2D eigenvalue weighted by Crippen LogP contribution is -2.36. The molecule has 2 aromatic rings. The van der Waals surface area contributed by atoms with E-state index in [0.717, 1.165) is 0 Å². The van der Waals surface area contributed by atoms with E-state index in [-0.39, 0.29) is 17.3 Å². The van der Waals surface area contributed by atoms with Crippen molar-refractivity contribution in [2.24, 2.45) is 0 Å². The average Bonchev–Trinajstić information content (AvgIpc) is 3.01. The quantitative estimate of drug-likeness (QED) is 0.449. The van der Waals surface area contributed by atoms with Crippen molar-refractivity contribution in [3.8, 4) is 5.95 Å². The fraction of sp³-hybridized carbons (Fsp3) is 0.471. The molecule has 0 aliphatic heterocycles. The van der Waals surface area contributed by atoms with Crippen LogP contribution in [0.5, 0.6) is 0 Å². The largest absolute Gasteiger partial charge is 0.382 e. The van der Waals surface area contributed by atoms with Gasteiger partial charge >= 0.3 is 11.8 Å². The number of anilines is 1. The van der Waals surface area contributed by atoms with Crippen molar-refractivity contribution in [1.29, 1.82) is 0 Å². The number of hydrogen-bond acceptors (Lipinski definition) is 6. The summed E-state index contributed by atoms with van der Waals surface area (Å²) in [5.41, 5.74) is 0.854. The fourth-order valence-electron chi connectivity index (χ4n) is 2.30. The third kappa shape index (κ3) is 5.74. The van der Waals surface area contributed by atoms with Crippen LogP contribution in [0.15, 0.2) is 16.9 Å². The van der Waals surface area contributed by atoms with Crippen molar-refractivity contribution in [1.82, 2.24) is 25.1 Å². The number of carbonyl (C=O) groups is 2. The maximum atomic E-state index is 12.1. The number of carbonyl (C=O) groups excluding carboxylic acids is 2. The van der Waals surface area contributed by atoms with E-state index in [1.165, 1.54) is 10.7 Å². The molecule has 2 heterocycles. The van der Waals surface area contributed by atoms with Crippen molar-refractivity contribution in [2.45, 2.75) is 33.6 Å². The number of hydrogen-bond donors (Lipinski definition) is 3. The Hall–Kier alpha value is -3.01. The minimum Gasteiger partial charge on any atom is -0.382 e. The second-order valence-corrected chi connectivity index (χ2v) is 5.76. The summed E-state index contributed by atoms with van der Waals surface area (Å²) in [6.45, 7) is 6.93. The Balaban J connectivity index is 2.09. The molecule has 0 spiro atoms. The topological polar surface area (TPSA) is 131 Å². The van der Waals surface area contributed by atoms with Crippen molar-refractivity contribution < 1.29 is 14.3 Å². The molecule has 0 unspecified atom stereocenters. The van der Waals surface area contributed by atoms with Gasteiger partial charge in [-0.1, -0.05) is 6.92 Å². The van der Waals surface area contributed by atoms with Gasteiger partial charge in [0.1, 0.15) is 5.82 Å². The highest BCUT2D eigenvalue weighted by atomic mass is 16.5. The molecule has 10 nitrogen and oxygen atoms in total. The summed E-state index contributed by atoms with van der Waals surface area (Å²) in [4.78, 5) is 42.7. The SMILES string of the molecule is CCOCCCNC(=O)C(=O)Nc1cc(C)nn1-c1nc(CC)cc(=O)[nH]1. The smallest absolute Gasteiger partial charge is 0.314 e. The number of H-pyrrole nitrogens is 1. The number of nitrogens with one attached hydrogen (secondary N) is 3. The number of ether oxygens (including phenoxy) is 1. The minimum atomic E-state index is -0.832. The van der Waals surface area contributed by atoms with Gasteiger partial charge in [-0.05, 0) is 26.7 Å². The lowest BCUT2D eigenvalue weighted by molar-refractivity contribution is -0.136. The highest BCUT2D eigenvalue weighted by Crippen LogP contribution is 2.14. The first-order valence-corrected chi connectivity index (χ1v) is 8.78. The van der Waals surface area contributed by atoms with Crippen molar-refractivity contribution in [3.63, 3.8) is 0 Å². The van der Waals surface area contributed by atoms with Crippen LogP contribution in [-0.2, 0) is 20.7 Å². The normalized spacial score (nSPS) is 10.6. The van der Waals surface area contributed by atoms with E-state index in [1.807, 2.05) is 13.8 Å².